The van der Waals surface area contributed by atoms with Crippen molar-refractivity contribution in [3.8, 4) is 0 Å². The summed E-state index contributed by atoms with van der Waals surface area (Å²) in [6.07, 6.45) is 5.15. The number of amides is 1. The van der Waals surface area contributed by atoms with Crippen LogP contribution in [0.15, 0.2) is 35.2 Å². The molecule has 27 heavy (non-hydrogen) atoms. The lowest BCUT2D eigenvalue weighted by molar-refractivity contribution is -0.0692. The number of likely N-dealkylation sites (N-methyl/N-ethyl adjacent to an activating group) is 1. The van der Waals surface area contributed by atoms with Crippen LogP contribution in [0.2, 0.25) is 0 Å². The molecule has 0 unspecified atom stereocenters. The summed E-state index contributed by atoms with van der Waals surface area (Å²) in [6, 6.07) is 3.30. The minimum atomic E-state index is -0.265. The van der Waals surface area contributed by atoms with E-state index in [0.29, 0.717) is 30.7 Å². The lowest BCUT2D eigenvalue weighted by atomic mass is 10.00. The highest BCUT2D eigenvalue weighted by Gasteiger charge is 2.39. The standard InChI is InChI=1S/C18H22N6O3/c1-22(2)11-14-15(12-9-20-23(3)10-12)24(7-8-26-14)18(25)16-13-5-4-6-19-17(13)21-27-16/h4-6,9-10,14-15H,7-8,11H2,1-3H3/t14-,15-/m0/s1. The fourth-order valence-electron chi connectivity index (χ4n) is 3.53. The summed E-state index contributed by atoms with van der Waals surface area (Å²) in [5.74, 6) is -0.0103. The molecule has 3 aromatic rings. The van der Waals surface area contributed by atoms with Crippen molar-refractivity contribution < 1.29 is 14.1 Å². The first kappa shape index (κ1) is 17.6. The first-order valence-corrected chi connectivity index (χ1v) is 8.81. The van der Waals surface area contributed by atoms with Crippen molar-refractivity contribution in [2.45, 2.75) is 12.1 Å². The van der Waals surface area contributed by atoms with E-state index in [2.05, 4.69) is 20.1 Å². The summed E-state index contributed by atoms with van der Waals surface area (Å²) in [6.45, 7) is 1.61. The quantitative estimate of drug-likeness (QED) is 0.679. The number of pyridine rings is 1. The molecule has 0 aromatic carbocycles. The molecule has 3 aromatic heterocycles. The van der Waals surface area contributed by atoms with E-state index in [1.165, 1.54) is 0 Å². The van der Waals surface area contributed by atoms with Gasteiger partial charge in [-0.15, -0.1) is 0 Å². The maximum atomic E-state index is 13.4. The molecule has 4 heterocycles. The SMILES string of the molecule is CN(C)C[C@@H]1OCCN(C(=O)c2onc3ncccc23)[C@H]1c1cnn(C)c1. The van der Waals surface area contributed by atoms with Gasteiger partial charge in [0, 0.05) is 38.1 Å². The maximum absolute atomic E-state index is 13.4. The zero-order valence-electron chi connectivity index (χ0n) is 15.6. The Labute approximate surface area is 156 Å². The molecule has 9 heteroatoms. The highest BCUT2D eigenvalue weighted by Crippen LogP contribution is 2.32. The van der Waals surface area contributed by atoms with Crippen molar-refractivity contribution >= 4 is 16.9 Å². The van der Waals surface area contributed by atoms with E-state index in [1.54, 1.807) is 34.1 Å². The topological polar surface area (TPSA) is 89.5 Å². The molecule has 2 atom stereocenters. The van der Waals surface area contributed by atoms with Crippen molar-refractivity contribution in [2.24, 2.45) is 7.05 Å². The van der Waals surface area contributed by atoms with Crippen LogP contribution in [0.1, 0.15) is 22.2 Å². The molecule has 0 spiro atoms. The van der Waals surface area contributed by atoms with Gasteiger partial charge in [0.05, 0.1) is 30.3 Å². The number of carbonyl (C=O) groups excluding carboxylic acids is 1. The van der Waals surface area contributed by atoms with Crippen LogP contribution in [0.5, 0.6) is 0 Å². The molecule has 0 aliphatic carbocycles. The second kappa shape index (κ2) is 7.09. The van der Waals surface area contributed by atoms with Gasteiger partial charge in [-0.1, -0.05) is 5.16 Å². The van der Waals surface area contributed by atoms with E-state index in [4.69, 9.17) is 9.26 Å². The number of morpholine rings is 1. The Morgan fingerprint density at radius 1 is 1.41 bits per heavy atom. The summed E-state index contributed by atoms with van der Waals surface area (Å²) in [5, 5.41) is 8.80. The molecule has 1 aliphatic rings. The van der Waals surface area contributed by atoms with Gasteiger partial charge in [0.1, 0.15) is 0 Å². The Balaban J connectivity index is 1.73. The summed E-state index contributed by atoms with van der Waals surface area (Å²) in [4.78, 5) is 21.4. The van der Waals surface area contributed by atoms with Crippen molar-refractivity contribution in [2.75, 3.05) is 33.8 Å². The molecule has 1 amide bonds. The smallest absolute Gasteiger partial charge is 0.293 e. The molecular weight excluding hydrogens is 348 g/mol. The van der Waals surface area contributed by atoms with Crippen molar-refractivity contribution in [1.29, 1.82) is 0 Å². The number of aryl methyl sites for hydroxylation is 1. The van der Waals surface area contributed by atoms with Gasteiger partial charge in [0.25, 0.3) is 5.91 Å². The zero-order chi connectivity index (χ0) is 19.0. The van der Waals surface area contributed by atoms with Gasteiger partial charge in [-0.2, -0.15) is 5.10 Å². The first-order chi connectivity index (χ1) is 13.0. The first-order valence-electron chi connectivity index (χ1n) is 8.81. The molecular formula is C18H22N6O3. The second-order valence-corrected chi connectivity index (χ2v) is 6.95. The van der Waals surface area contributed by atoms with Crippen LogP contribution in [0.4, 0.5) is 0 Å². The molecule has 1 saturated heterocycles. The molecule has 0 bridgehead atoms. The monoisotopic (exact) mass is 370 g/mol. The lowest BCUT2D eigenvalue weighted by Gasteiger charge is -2.41. The van der Waals surface area contributed by atoms with Gasteiger partial charge in [-0.05, 0) is 26.2 Å². The van der Waals surface area contributed by atoms with Crippen LogP contribution in [-0.2, 0) is 11.8 Å². The van der Waals surface area contributed by atoms with Crippen LogP contribution in [0, 0.1) is 0 Å². The van der Waals surface area contributed by atoms with Gasteiger partial charge >= 0.3 is 0 Å². The molecule has 1 fully saturated rings. The number of hydrogen-bond donors (Lipinski definition) is 0. The van der Waals surface area contributed by atoms with E-state index in [-0.39, 0.29) is 23.8 Å². The third-order valence-electron chi connectivity index (χ3n) is 4.67. The third-order valence-corrected chi connectivity index (χ3v) is 4.67. The lowest BCUT2D eigenvalue weighted by Crippen LogP contribution is -2.51. The van der Waals surface area contributed by atoms with Crippen molar-refractivity contribution in [1.82, 2.24) is 29.7 Å². The van der Waals surface area contributed by atoms with E-state index in [1.807, 2.05) is 27.3 Å². The summed E-state index contributed by atoms with van der Waals surface area (Å²) >= 11 is 0. The number of aromatic nitrogens is 4. The Morgan fingerprint density at radius 2 is 2.26 bits per heavy atom. The maximum Gasteiger partial charge on any atom is 0.293 e. The largest absolute Gasteiger partial charge is 0.373 e. The number of carbonyl (C=O) groups is 1. The Kier molecular flexibility index (Phi) is 4.63. The molecule has 4 rings (SSSR count). The molecule has 0 saturated carbocycles. The molecule has 0 radical (unpaired) electrons. The predicted molar refractivity (Wildman–Crippen MR) is 97.1 cm³/mol. The number of hydrogen-bond acceptors (Lipinski definition) is 7. The second-order valence-electron chi connectivity index (χ2n) is 6.95. The average molecular weight is 370 g/mol. The summed E-state index contributed by atoms with van der Waals surface area (Å²) in [5.41, 5.74) is 1.36. The predicted octanol–water partition coefficient (Wildman–Crippen LogP) is 1.10. The van der Waals surface area contributed by atoms with E-state index >= 15 is 0 Å². The van der Waals surface area contributed by atoms with Gasteiger partial charge in [0.2, 0.25) is 11.4 Å². The minimum Gasteiger partial charge on any atom is -0.373 e. The Morgan fingerprint density at radius 3 is 3.00 bits per heavy atom. The van der Waals surface area contributed by atoms with E-state index in [9.17, 15) is 4.79 Å². The highest BCUT2D eigenvalue weighted by atomic mass is 16.5. The molecule has 0 N–H and O–H groups in total. The zero-order valence-corrected chi connectivity index (χ0v) is 15.6. The Hall–Kier alpha value is -2.78. The van der Waals surface area contributed by atoms with Crippen LogP contribution in [-0.4, -0.2) is 75.5 Å². The Bertz CT molecular complexity index is 949. The highest BCUT2D eigenvalue weighted by molar-refractivity contribution is 6.02. The van der Waals surface area contributed by atoms with Crippen molar-refractivity contribution in [3.63, 3.8) is 0 Å². The van der Waals surface area contributed by atoms with Crippen LogP contribution < -0.4 is 0 Å². The number of rotatable bonds is 4. The van der Waals surface area contributed by atoms with Crippen LogP contribution >= 0.6 is 0 Å². The molecule has 142 valence electrons. The molecule has 1 aliphatic heterocycles. The summed E-state index contributed by atoms with van der Waals surface area (Å²) < 4.78 is 13.1. The fourth-order valence-corrected chi connectivity index (χ4v) is 3.53. The van der Waals surface area contributed by atoms with E-state index < -0.39 is 0 Å². The fraction of sp³-hybridized carbons (Fsp3) is 0.444. The number of nitrogens with zero attached hydrogens (tertiary/aromatic N) is 6. The number of ether oxygens (including phenoxy) is 1. The van der Waals surface area contributed by atoms with E-state index in [0.717, 1.165) is 5.56 Å². The molecule has 9 nitrogen and oxygen atoms in total. The average Bonchev–Trinajstić information content (AvgIpc) is 3.26. The van der Waals surface area contributed by atoms with Crippen LogP contribution in [0.25, 0.3) is 11.0 Å². The van der Waals surface area contributed by atoms with Gasteiger partial charge in [-0.3, -0.25) is 9.48 Å². The van der Waals surface area contributed by atoms with Crippen molar-refractivity contribution in [3.05, 3.63) is 42.0 Å². The van der Waals surface area contributed by atoms with Gasteiger partial charge in [-0.25, -0.2) is 4.98 Å². The third kappa shape index (κ3) is 3.31. The van der Waals surface area contributed by atoms with Crippen LogP contribution in [0.3, 0.4) is 0 Å². The van der Waals surface area contributed by atoms with Gasteiger partial charge < -0.3 is 19.1 Å². The number of fused-ring (bicyclic) bond motifs is 1. The minimum absolute atomic E-state index is 0.172. The normalized spacial score (nSPS) is 20.5. The summed E-state index contributed by atoms with van der Waals surface area (Å²) in [7, 11) is 5.83. The van der Waals surface area contributed by atoms with Gasteiger partial charge in [0.15, 0.2) is 0 Å².